The van der Waals surface area contributed by atoms with Crippen molar-refractivity contribution in [2.45, 2.75) is 31.6 Å². The van der Waals surface area contributed by atoms with Crippen LogP contribution in [-0.4, -0.2) is 40.1 Å². The zero-order valence-electron chi connectivity index (χ0n) is 19.3. The van der Waals surface area contributed by atoms with E-state index >= 15 is 0 Å². The summed E-state index contributed by atoms with van der Waals surface area (Å²) in [6.07, 6.45) is -1.10. The third-order valence-corrected chi connectivity index (χ3v) is 6.27. The molecule has 1 aliphatic rings. The molecule has 0 bridgehead atoms. The Morgan fingerprint density at radius 1 is 1.14 bits per heavy atom. The van der Waals surface area contributed by atoms with Gasteiger partial charge in [-0.1, -0.05) is 29.4 Å². The predicted octanol–water partition coefficient (Wildman–Crippen LogP) is 5.04. The van der Waals surface area contributed by atoms with Crippen LogP contribution in [0, 0.1) is 6.92 Å². The molecule has 2 aromatic heterocycles. The molecule has 1 aliphatic carbocycles. The van der Waals surface area contributed by atoms with E-state index in [-0.39, 0.29) is 28.3 Å². The van der Waals surface area contributed by atoms with Crippen LogP contribution in [-0.2, 0) is 10.2 Å². The molecule has 0 saturated heterocycles. The monoisotopic (exact) mass is 480 g/mol. The molecule has 2 aromatic carbocycles. The van der Waals surface area contributed by atoms with Crippen LogP contribution < -0.4 is 4.74 Å². The summed E-state index contributed by atoms with van der Waals surface area (Å²) >= 11 is 0. The molecule has 10 heteroatoms. The van der Waals surface area contributed by atoms with Crippen LogP contribution in [0.4, 0.5) is 8.78 Å². The molecule has 1 fully saturated rings. The van der Waals surface area contributed by atoms with Gasteiger partial charge in [0.05, 0.1) is 25.3 Å². The minimum Gasteiger partial charge on any atom is -0.496 e. The Morgan fingerprint density at radius 2 is 1.91 bits per heavy atom. The summed E-state index contributed by atoms with van der Waals surface area (Å²) in [4.78, 5) is 16.8. The van der Waals surface area contributed by atoms with Gasteiger partial charge in [-0.2, -0.15) is 10.1 Å². The van der Waals surface area contributed by atoms with Gasteiger partial charge < -0.3 is 14.0 Å². The lowest BCUT2D eigenvalue weighted by atomic mass is 9.91. The van der Waals surface area contributed by atoms with Crippen molar-refractivity contribution in [1.82, 2.24) is 19.9 Å². The van der Waals surface area contributed by atoms with Crippen LogP contribution in [0.3, 0.4) is 0 Å². The lowest BCUT2D eigenvalue weighted by molar-refractivity contribution is 0.0597. The van der Waals surface area contributed by atoms with E-state index in [1.807, 2.05) is 31.2 Å². The Balaban J connectivity index is 1.60. The number of hydrogen-bond donors (Lipinski definition) is 0. The van der Waals surface area contributed by atoms with Crippen molar-refractivity contribution < 1.29 is 27.6 Å². The molecular formula is C25H22F2N4O4. The summed E-state index contributed by atoms with van der Waals surface area (Å²) in [6.45, 7) is 2.03. The van der Waals surface area contributed by atoms with Crippen molar-refractivity contribution in [2.24, 2.45) is 0 Å². The van der Waals surface area contributed by atoms with Crippen molar-refractivity contribution >= 4 is 5.97 Å². The topological polar surface area (TPSA) is 92.3 Å². The van der Waals surface area contributed by atoms with Crippen molar-refractivity contribution in [3.8, 4) is 23.0 Å². The average Bonchev–Trinajstić information content (AvgIpc) is 3.29. The van der Waals surface area contributed by atoms with Crippen LogP contribution in [0.5, 0.6) is 5.75 Å². The first kappa shape index (κ1) is 22.7. The van der Waals surface area contributed by atoms with Gasteiger partial charge in [0.2, 0.25) is 0 Å². The highest BCUT2D eigenvalue weighted by Crippen LogP contribution is 2.53. The molecule has 4 aromatic rings. The number of benzene rings is 2. The van der Waals surface area contributed by atoms with E-state index in [1.165, 1.54) is 37.1 Å². The number of rotatable bonds is 7. The Hall–Kier alpha value is -4.08. The molecule has 0 amide bonds. The van der Waals surface area contributed by atoms with Crippen molar-refractivity contribution in [3.05, 3.63) is 76.7 Å². The first-order chi connectivity index (χ1) is 16.9. The fourth-order valence-electron chi connectivity index (χ4n) is 4.32. The molecule has 0 unspecified atom stereocenters. The lowest BCUT2D eigenvalue weighted by Crippen LogP contribution is -2.12. The van der Waals surface area contributed by atoms with E-state index in [0.717, 1.165) is 24.0 Å². The SMILES string of the molecule is COC(=O)c1cc(-n2nc(C(F)F)cc2-c2nc(C3(c4ccccc4C)CC3)no2)ccc1OC. The van der Waals surface area contributed by atoms with E-state index < -0.39 is 18.1 Å². The molecule has 180 valence electrons. The normalized spacial score (nSPS) is 14.2. The smallest absolute Gasteiger partial charge is 0.341 e. The van der Waals surface area contributed by atoms with Crippen molar-refractivity contribution in [1.29, 1.82) is 0 Å². The van der Waals surface area contributed by atoms with Gasteiger partial charge in [0.15, 0.2) is 5.82 Å². The number of ether oxygens (including phenoxy) is 2. The van der Waals surface area contributed by atoms with E-state index in [1.54, 1.807) is 6.07 Å². The number of esters is 1. The van der Waals surface area contributed by atoms with Gasteiger partial charge >= 0.3 is 5.97 Å². The summed E-state index contributed by atoms with van der Waals surface area (Å²) < 4.78 is 44.1. The van der Waals surface area contributed by atoms with Crippen LogP contribution >= 0.6 is 0 Å². The standard InChI is InChI=1S/C25H22F2N4O4/c1-14-6-4-5-7-17(14)25(10-11-25)24-28-22(35-30-24)19-13-18(21(26)27)29-31(19)15-8-9-20(33-2)16(12-15)23(32)34-3/h4-9,12-13,21H,10-11H2,1-3H3. The third-order valence-electron chi connectivity index (χ3n) is 6.27. The van der Waals surface area contributed by atoms with Gasteiger partial charge in [0, 0.05) is 0 Å². The number of halogens is 2. The highest BCUT2D eigenvalue weighted by Gasteiger charge is 2.50. The van der Waals surface area contributed by atoms with Gasteiger partial charge in [-0.05, 0) is 55.2 Å². The molecule has 2 heterocycles. The summed E-state index contributed by atoms with van der Waals surface area (Å²) in [7, 11) is 2.66. The maximum absolute atomic E-state index is 13.6. The zero-order chi connectivity index (χ0) is 24.7. The summed E-state index contributed by atoms with van der Waals surface area (Å²) in [6, 6.07) is 13.8. The highest BCUT2D eigenvalue weighted by atomic mass is 19.3. The molecule has 0 aliphatic heterocycles. The van der Waals surface area contributed by atoms with Crippen LogP contribution in [0.25, 0.3) is 17.3 Å². The second kappa shape index (κ2) is 8.61. The van der Waals surface area contributed by atoms with Gasteiger partial charge in [0.25, 0.3) is 12.3 Å². The fourth-order valence-corrected chi connectivity index (χ4v) is 4.32. The maximum atomic E-state index is 13.6. The molecule has 0 spiro atoms. The lowest BCUT2D eigenvalue weighted by Gasteiger charge is -2.13. The largest absolute Gasteiger partial charge is 0.496 e. The molecule has 8 nitrogen and oxygen atoms in total. The summed E-state index contributed by atoms with van der Waals surface area (Å²) in [5.41, 5.74) is 2.04. The third kappa shape index (κ3) is 3.84. The molecule has 0 atom stereocenters. The van der Waals surface area contributed by atoms with Gasteiger partial charge in [-0.25, -0.2) is 18.3 Å². The molecule has 0 N–H and O–H groups in total. The van der Waals surface area contributed by atoms with Crippen LogP contribution in [0.2, 0.25) is 0 Å². The molecule has 1 saturated carbocycles. The number of methoxy groups -OCH3 is 2. The minimum atomic E-state index is -2.82. The number of hydrogen-bond acceptors (Lipinski definition) is 7. The second-order valence-electron chi connectivity index (χ2n) is 8.36. The van der Waals surface area contributed by atoms with Crippen molar-refractivity contribution in [3.63, 3.8) is 0 Å². The number of carbonyl (C=O) groups excluding carboxylic acids is 1. The quantitative estimate of drug-likeness (QED) is 0.342. The Bertz CT molecular complexity index is 1410. The molecule has 5 rings (SSSR count). The van der Waals surface area contributed by atoms with Gasteiger partial charge in [-0.3, -0.25) is 0 Å². The second-order valence-corrected chi connectivity index (χ2v) is 8.36. The van der Waals surface area contributed by atoms with E-state index in [4.69, 9.17) is 14.0 Å². The number of carbonyl (C=O) groups is 1. The highest BCUT2D eigenvalue weighted by molar-refractivity contribution is 5.93. The first-order valence-corrected chi connectivity index (χ1v) is 10.9. The Labute approximate surface area is 199 Å². The number of alkyl halides is 2. The minimum absolute atomic E-state index is 0.0506. The molecular weight excluding hydrogens is 458 g/mol. The Morgan fingerprint density at radius 3 is 2.57 bits per heavy atom. The van der Waals surface area contributed by atoms with Gasteiger partial charge in [0.1, 0.15) is 22.7 Å². The predicted molar refractivity (Wildman–Crippen MR) is 121 cm³/mol. The molecule has 0 radical (unpaired) electrons. The number of nitrogens with zero attached hydrogens (tertiary/aromatic N) is 4. The maximum Gasteiger partial charge on any atom is 0.341 e. The van der Waals surface area contributed by atoms with Crippen LogP contribution in [0.1, 0.15) is 52.3 Å². The summed E-state index contributed by atoms with van der Waals surface area (Å²) in [5, 5.41) is 8.25. The summed E-state index contributed by atoms with van der Waals surface area (Å²) in [5.74, 6) is 0.186. The number of aryl methyl sites for hydroxylation is 1. The fraction of sp³-hybridized carbons (Fsp3) is 0.280. The number of aromatic nitrogens is 4. The Kier molecular flexibility index (Phi) is 5.58. The van der Waals surface area contributed by atoms with E-state index in [9.17, 15) is 13.6 Å². The van der Waals surface area contributed by atoms with Crippen LogP contribution in [0.15, 0.2) is 53.1 Å². The van der Waals surface area contributed by atoms with Gasteiger partial charge in [-0.15, -0.1) is 0 Å². The van der Waals surface area contributed by atoms with E-state index in [2.05, 4.69) is 15.2 Å². The average molecular weight is 480 g/mol. The first-order valence-electron chi connectivity index (χ1n) is 10.9. The van der Waals surface area contributed by atoms with Crippen molar-refractivity contribution in [2.75, 3.05) is 14.2 Å². The van der Waals surface area contributed by atoms with E-state index in [0.29, 0.717) is 11.5 Å². The zero-order valence-corrected chi connectivity index (χ0v) is 19.3. The molecule has 35 heavy (non-hydrogen) atoms.